The monoisotopic (exact) mass is 245 g/mol. The molecule has 0 aliphatic carbocycles. The molecule has 0 radical (unpaired) electrons. The van der Waals surface area contributed by atoms with Crippen molar-refractivity contribution in [1.82, 2.24) is 10.6 Å². The third-order valence-electron chi connectivity index (χ3n) is 2.51. The number of nitrogens with zero attached hydrogens (tertiary/aromatic N) is 1. The van der Waals surface area contributed by atoms with Crippen LogP contribution in [0.3, 0.4) is 0 Å². The van der Waals surface area contributed by atoms with Crippen LogP contribution in [-0.2, 0) is 11.3 Å². The molecule has 0 fully saturated rings. The van der Waals surface area contributed by atoms with Gasteiger partial charge in [0.25, 0.3) is 0 Å². The van der Waals surface area contributed by atoms with Crippen LogP contribution in [0.2, 0.25) is 0 Å². The van der Waals surface area contributed by atoms with Crippen LogP contribution in [0.1, 0.15) is 24.8 Å². The van der Waals surface area contributed by atoms with E-state index in [0.717, 1.165) is 24.9 Å². The van der Waals surface area contributed by atoms with Crippen molar-refractivity contribution in [3.8, 4) is 6.07 Å². The predicted molar refractivity (Wildman–Crippen MR) is 70.6 cm³/mol. The van der Waals surface area contributed by atoms with Gasteiger partial charge in [0.1, 0.15) is 0 Å². The van der Waals surface area contributed by atoms with Gasteiger partial charge >= 0.3 is 0 Å². The number of hydrogen-bond acceptors (Lipinski definition) is 3. The fourth-order valence-electron chi connectivity index (χ4n) is 1.51. The summed E-state index contributed by atoms with van der Waals surface area (Å²) in [5.74, 6) is -0.000800. The number of hydrogen-bond donors (Lipinski definition) is 2. The zero-order chi connectivity index (χ0) is 13.1. The van der Waals surface area contributed by atoms with E-state index < -0.39 is 0 Å². The lowest BCUT2D eigenvalue weighted by Gasteiger charge is -2.06. The van der Waals surface area contributed by atoms with E-state index in [-0.39, 0.29) is 5.91 Å². The largest absolute Gasteiger partial charge is 0.351 e. The molecule has 0 aliphatic rings. The molecule has 2 N–H and O–H groups in total. The molecule has 18 heavy (non-hydrogen) atoms. The van der Waals surface area contributed by atoms with E-state index in [1.54, 1.807) is 0 Å². The maximum Gasteiger partial charge on any atom is 0.234 e. The van der Waals surface area contributed by atoms with Crippen LogP contribution < -0.4 is 10.6 Å². The van der Waals surface area contributed by atoms with Crippen molar-refractivity contribution >= 4 is 5.91 Å². The summed E-state index contributed by atoms with van der Waals surface area (Å²) in [7, 11) is 0. The van der Waals surface area contributed by atoms with Crippen molar-refractivity contribution in [1.29, 1.82) is 5.26 Å². The zero-order valence-corrected chi connectivity index (χ0v) is 10.5. The van der Waals surface area contributed by atoms with Gasteiger partial charge in [-0.2, -0.15) is 5.26 Å². The lowest BCUT2D eigenvalue weighted by atomic mass is 10.2. The second-order valence-corrected chi connectivity index (χ2v) is 4.05. The molecular weight excluding hydrogens is 226 g/mol. The molecule has 1 aromatic carbocycles. The van der Waals surface area contributed by atoms with E-state index in [2.05, 4.69) is 16.7 Å². The molecule has 0 spiro atoms. The third-order valence-corrected chi connectivity index (χ3v) is 2.51. The van der Waals surface area contributed by atoms with E-state index in [1.165, 1.54) is 0 Å². The van der Waals surface area contributed by atoms with E-state index >= 15 is 0 Å². The number of carbonyl (C=O) groups is 1. The smallest absolute Gasteiger partial charge is 0.234 e. The number of nitrogens with one attached hydrogen (secondary N) is 2. The predicted octanol–water partition coefficient (Wildman–Crippen LogP) is 1.59. The molecule has 4 nitrogen and oxygen atoms in total. The molecule has 0 unspecified atom stereocenters. The SMILES string of the molecule is N#CCCCCNCC(=O)NCc1ccccc1. The second-order valence-electron chi connectivity index (χ2n) is 4.05. The Morgan fingerprint density at radius 1 is 1.22 bits per heavy atom. The van der Waals surface area contributed by atoms with Crippen molar-refractivity contribution < 1.29 is 4.79 Å². The van der Waals surface area contributed by atoms with Crippen LogP contribution in [0.4, 0.5) is 0 Å². The molecule has 0 heterocycles. The topological polar surface area (TPSA) is 64.9 Å². The van der Waals surface area contributed by atoms with Crippen molar-refractivity contribution in [3.05, 3.63) is 35.9 Å². The Balaban J connectivity index is 2.03. The van der Waals surface area contributed by atoms with Crippen LogP contribution in [0.15, 0.2) is 30.3 Å². The van der Waals surface area contributed by atoms with Gasteiger partial charge in [0.2, 0.25) is 5.91 Å². The van der Waals surface area contributed by atoms with E-state index in [9.17, 15) is 4.79 Å². The van der Waals surface area contributed by atoms with Gasteiger partial charge in [0.05, 0.1) is 12.6 Å². The number of nitriles is 1. The second kappa shape index (κ2) is 9.20. The van der Waals surface area contributed by atoms with Gasteiger partial charge in [-0.25, -0.2) is 0 Å². The highest BCUT2D eigenvalue weighted by Gasteiger charge is 1.99. The summed E-state index contributed by atoms with van der Waals surface area (Å²) in [5, 5.41) is 14.3. The summed E-state index contributed by atoms with van der Waals surface area (Å²) in [4.78, 5) is 11.5. The van der Waals surface area contributed by atoms with Gasteiger partial charge in [-0.05, 0) is 24.9 Å². The van der Waals surface area contributed by atoms with Crippen molar-refractivity contribution in [2.75, 3.05) is 13.1 Å². The molecule has 0 bridgehead atoms. The molecule has 0 aromatic heterocycles. The van der Waals surface area contributed by atoms with Crippen LogP contribution in [0.25, 0.3) is 0 Å². The third kappa shape index (κ3) is 6.66. The molecule has 4 heteroatoms. The Kier molecular flexibility index (Phi) is 7.26. The number of rotatable bonds is 8. The molecular formula is C14H19N3O. The van der Waals surface area contributed by atoms with Crippen LogP contribution in [0.5, 0.6) is 0 Å². The summed E-state index contributed by atoms with van der Waals surface area (Å²) in [6.07, 6.45) is 2.40. The molecule has 1 rings (SSSR count). The summed E-state index contributed by atoms with van der Waals surface area (Å²) >= 11 is 0. The van der Waals surface area contributed by atoms with E-state index in [1.807, 2.05) is 30.3 Å². The van der Waals surface area contributed by atoms with Crippen LogP contribution in [-0.4, -0.2) is 19.0 Å². The van der Waals surface area contributed by atoms with Gasteiger partial charge in [0.15, 0.2) is 0 Å². The summed E-state index contributed by atoms with van der Waals surface area (Å²) in [6, 6.07) is 11.9. The van der Waals surface area contributed by atoms with Crippen molar-refractivity contribution in [3.63, 3.8) is 0 Å². The van der Waals surface area contributed by atoms with Crippen molar-refractivity contribution in [2.45, 2.75) is 25.8 Å². The molecule has 0 atom stereocenters. The van der Waals surface area contributed by atoms with Gasteiger partial charge < -0.3 is 10.6 Å². The highest BCUT2D eigenvalue weighted by atomic mass is 16.1. The average molecular weight is 245 g/mol. The Bertz CT molecular complexity index is 384. The first kappa shape index (κ1) is 14.2. The van der Waals surface area contributed by atoms with E-state index in [0.29, 0.717) is 19.5 Å². The molecule has 0 saturated heterocycles. The summed E-state index contributed by atoms with van der Waals surface area (Å²) < 4.78 is 0. The molecule has 1 aromatic rings. The normalized spacial score (nSPS) is 9.72. The highest BCUT2D eigenvalue weighted by molar-refractivity contribution is 5.77. The molecule has 1 amide bonds. The fraction of sp³-hybridized carbons (Fsp3) is 0.429. The highest BCUT2D eigenvalue weighted by Crippen LogP contribution is 1.96. The van der Waals surface area contributed by atoms with Gasteiger partial charge in [-0.15, -0.1) is 0 Å². The van der Waals surface area contributed by atoms with Crippen molar-refractivity contribution in [2.24, 2.45) is 0 Å². The Morgan fingerprint density at radius 3 is 2.72 bits per heavy atom. The Labute approximate surface area is 108 Å². The minimum atomic E-state index is -0.000800. The summed E-state index contributed by atoms with van der Waals surface area (Å²) in [6.45, 7) is 1.68. The molecule has 0 aliphatic heterocycles. The minimum absolute atomic E-state index is 0.000800. The minimum Gasteiger partial charge on any atom is -0.351 e. The first-order valence-electron chi connectivity index (χ1n) is 6.21. The van der Waals surface area contributed by atoms with Gasteiger partial charge in [0, 0.05) is 13.0 Å². The lowest BCUT2D eigenvalue weighted by Crippen LogP contribution is -2.33. The maximum absolute atomic E-state index is 11.5. The lowest BCUT2D eigenvalue weighted by molar-refractivity contribution is -0.120. The first-order chi connectivity index (χ1) is 8.83. The number of unbranched alkanes of at least 4 members (excludes halogenated alkanes) is 2. The standard InChI is InChI=1S/C14H19N3O/c15-9-5-2-6-10-16-12-14(18)17-11-13-7-3-1-4-8-13/h1,3-4,7-8,16H,2,5-6,10-12H2,(H,17,18). The first-order valence-corrected chi connectivity index (χ1v) is 6.21. The fourth-order valence-corrected chi connectivity index (χ4v) is 1.51. The van der Waals surface area contributed by atoms with Crippen LogP contribution in [0, 0.1) is 11.3 Å². The van der Waals surface area contributed by atoms with Gasteiger partial charge in [-0.3, -0.25) is 4.79 Å². The summed E-state index contributed by atoms with van der Waals surface area (Å²) in [5.41, 5.74) is 1.10. The number of amides is 1. The molecule has 96 valence electrons. The maximum atomic E-state index is 11.5. The van der Waals surface area contributed by atoms with E-state index in [4.69, 9.17) is 5.26 Å². The van der Waals surface area contributed by atoms with Crippen LogP contribution >= 0.6 is 0 Å². The zero-order valence-electron chi connectivity index (χ0n) is 10.5. The quantitative estimate of drug-likeness (QED) is 0.683. The Morgan fingerprint density at radius 2 is 2.00 bits per heavy atom. The number of carbonyl (C=O) groups excluding carboxylic acids is 1. The number of benzene rings is 1. The molecule has 0 saturated carbocycles. The Hall–Kier alpha value is -1.86. The average Bonchev–Trinajstić information content (AvgIpc) is 2.41. The van der Waals surface area contributed by atoms with Gasteiger partial charge in [-0.1, -0.05) is 30.3 Å².